The highest BCUT2D eigenvalue weighted by molar-refractivity contribution is 6.23. The van der Waals surface area contributed by atoms with Gasteiger partial charge >= 0.3 is 5.97 Å². The Kier molecular flexibility index (Phi) is 3.83. The number of fused-ring (bicyclic) bond motifs is 5. The monoisotopic (exact) mass is 351 g/mol. The molecular weight excluding hydrogens is 330 g/mol. The predicted molar refractivity (Wildman–Crippen MR) is 96.4 cm³/mol. The van der Waals surface area contributed by atoms with Crippen LogP contribution in [0.1, 0.15) is 31.1 Å². The van der Waals surface area contributed by atoms with Gasteiger partial charge in [-0.3, -0.25) is 9.59 Å². The van der Waals surface area contributed by atoms with Crippen molar-refractivity contribution in [3.8, 4) is 0 Å². The smallest absolute Gasteiger partial charge is 0.338 e. The average molecular weight is 351 g/mol. The van der Waals surface area contributed by atoms with Gasteiger partial charge in [-0.05, 0) is 39.0 Å². The average Bonchev–Trinajstić information content (AvgIpc) is 3.25. The Morgan fingerprint density at radius 1 is 1.08 bits per heavy atom. The summed E-state index contributed by atoms with van der Waals surface area (Å²) in [5.74, 6) is -1.41. The second-order valence-electron chi connectivity index (χ2n) is 7.23. The van der Waals surface area contributed by atoms with Gasteiger partial charge in [-0.2, -0.15) is 0 Å². The third-order valence-electron chi connectivity index (χ3n) is 5.61. The molecule has 4 atom stereocenters. The van der Waals surface area contributed by atoms with E-state index >= 15 is 0 Å². The minimum Gasteiger partial charge on any atom is -0.462 e. The van der Waals surface area contributed by atoms with Gasteiger partial charge in [-0.15, -0.1) is 0 Å². The van der Waals surface area contributed by atoms with Crippen LogP contribution in [0.5, 0.6) is 0 Å². The molecule has 134 valence electrons. The Hall–Kier alpha value is -2.69. The molecule has 2 aliphatic carbocycles. The Morgan fingerprint density at radius 3 is 2.23 bits per heavy atom. The first-order chi connectivity index (χ1) is 12.5. The van der Waals surface area contributed by atoms with Crippen LogP contribution in [0.25, 0.3) is 0 Å². The van der Waals surface area contributed by atoms with Crippen LogP contribution in [0.15, 0.2) is 47.6 Å². The number of imide groups is 1. The largest absolute Gasteiger partial charge is 0.462 e. The van der Waals surface area contributed by atoms with E-state index < -0.39 is 5.97 Å². The minimum atomic E-state index is -0.456. The molecule has 0 unspecified atom stereocenters. The van der Waals surface area contributed by atoms with Crippen molar-refractivity contribution >= 4 is 23.5 Å². The van der Waals surface area contributed by atoms with Crippen molar-refractivity contribution in [1.29, 1.82) is 0 Å². The van der Waals surface area contributed by atoms with Crippen LogP contribution in [0, 0.1) is 23.7 Å². The molecule has 0 radical (unpaired) electrons. The molecule has 4 rings (SSSR count). The summed E-state index contributed by atoms with van der Waals surface area (Å²) >= 11 is 0. The van der Waals surface area contributed by atoms with Crippen LogP contribution in [0.3, 0.4) is 0 Å². The maximum atomic E-state index is 13.1. The van der Waals surface area contributed by atoms with E-state index in [1.165, 1.54) is 16.0 Å². The Morgan fingerprint density at radius 2 is 1.69 bits per heavy atom. The molecule has 0 spiro atoms. The lowest BCUT2D eigenvalue weighted by molar-refractivity contribution is -0.122. The highest BCUT2D eigenvalue weighted by atomic mass is 16.5. The van der Waals surface area contributed by atoms with Crippen molar-refractivity contribution in [2.24, 2.45) is 23.7 Å². The number of allylic oxidation sites excluding steroid dienone is 4. The highest BCUT2D eigenvalue weighted by Crippen LogP contribution is 2.57. The van der Waals surface area contributed by atoms with Gasteiger partial charge in [0.25, 0.3) is 0 Å². The standard InChI is InChI=1S/C21H21NO4/c1-4-26-21(25)12-6-5-7-13(10-12)22-19(23)17-14-8-9-15(16(14)11(2)3)18(17)20(22)24/h5-10,14-15,17-18H,4H2,1-3H3/t14-,15-,17+,18+/m0/s1. The second kappa shape index (κ2) is 5.94. The van der Waals surface area contributed by atoms with Crippen LogP contribution in [0.2, 0.25) is 0 Å². The predicted octanol–water partition coefficient (Wildman–Crippen LogP) is 3.12. The SMILES string of the molecule is CCOC(=O)c1cccc(N2C(=O)[C@H]3[C@H](C2=O)[C@H]2C=C[C@H]3C2=C(C)C)c1. The van der Waals surface area contributed by atoms with Crippen LogP contribution < -0.4 is 4.90 Å². The van der Waals surface area contributed by atoms with Gasteiger partial charge in [-0.1, -0.05) is 29.4 Å². The summed E-state index contributed by atoms with van der Waals surface area (Å²) in [4.78, 5) is 39.4. The van der Waals surface area contributed by atoms with E-state index in [1.54, 1.807) is 31.2 Å². The van der Waals surface area contributed by atoms with Crippen LogP contribution in [-0.2, 0) is 14.3 Å². The maximum absolute atomic E-state index is 13.1. The van der Waals surface area contributed by atoms with Crippen molar-refractivity contribution in [3.05, 3.63) is 53.1 Å². The molecule has 1 heterocycles. The summed E-state index contributed by atoms with van der Waals surface area (Å²) in [7, 11) is 0. The van der Waals surface area contributed by atoms with Gasteiger partial charge in [0.2, 0.25) is 11.8 Å². The van der Waals surface area contributed by atoms with Crippen molar-refractivity contribution in [3.63, 3.8) is 0 Å². The van der Waals surface area contributed by atoms with Gasteiger partial charge in [0.15, 0.2) is 0 Å². The first-order valence-electron chi connectivity index (χ1n) is 8.96. The number of carbonyl (C=O) groups excluding carboxylic acids is 3. The summed E-state index contributed by atoms with van der Waals surface area (Å²) in [5.41, 5.74) is 3.20. The number of hydrogen-bond donors (Lipinski definition) is 0. The van der Waals surface area contributed by atoms with Crippen molar-refractivity contribution in [1.82, 2.24) is 0 Å². The second-order valence-corrected chi connectivity index (χ2v) is 7.23. The summed E-state index contributed by atoms with van der Waals surface area (Å²) in [5, 5.41) is 0. The number of carbonyl (C=O) groups is 3. The van der Waals surface area contributed by atoms with E-state index in [2.05, 4.69) is 12.2 Å². The third-order valence-corrected chi connectivity index (χ3v) is 5.61. The quantitative estimate of drug-likeness (QED) is 0.477. The lowest BCUT2D eigenvalue weighted by atomic mass is 9.85. The molecule has 1 saturated heterocycles. The zero-order valence-corrected chi connectivity index (χ0v) is 15.1. The number of ether oxygens (including phenoxy) is 1. The van der Waals surface area contributed by atoms with E-state index in [4.69, 9.17) is 4.74 Å². The molecule has 5 nitrogen and oxygen atoms in total. The topological polar surface area (TPSA) is 63.7 Å². The normalized spacial score (nSPS) is 28.7. The molecule has 5 heteroatoms. The van der Waals surface area contributed by atoms with Gasteiger partial charge in [-0.25, -0.2) is 9.69 Å². The zero-order valence-electron chi connectivity index (χ0n) is 15.1. The van der Waals surface area contributed by atoms with Crippen LogP contribution in [0.4, 0.5) is 5.69 Å². The molecule has 3 aliphatic rings. The molecule has 2 bridgehead atoms. The molecule has 1 aromatic carbocycles. The number of anilines is 1. The third kappa shape index (κ3) is 2.19. The van der Waals surface area contributed by atoms with E-state index in [9.17, 15) is 14.4 Å². The summed E-state index contributed by atoms with van der Waals surface area (Å²) < 4.78 is 5.01. The zero-order chi connectivity index (χ0) is 18.6. The Bertz CT molecular complexity index is 844. The van der Waals surface area contributed by atoms with Crippen molar-refractivity contribution in [2.75, 3.05) is 11.5 Å². The summed E-state index contributed by atoms with van der Waals surface area (Å²) in [6.45, 7) is 6.09. The van der Waals surface area contributed by atoms with E-state index in [0.717, 1.165) is 0 Å². The summed E-state index contributed by atoms with van der Waals surface area (Å²) in [6, 6.07) is 6.55. The molecule has 1 aromatic rings. The Balaban J connectivity index is 1.69. The highest BCUT2D eigenvalue weighted by Gasteiger charge is 2.61. The van der Waals surface area contributed by atoms with Crippen molar-refractivity contribution < 1.29 is 19.1 Å². The number of hydrogen-bond acceptors (Lipinski definition) is 4. The van der Waals surface area contributed by atoms with Crippen LogP contribution in [-0.4, -0.2) is 24.4 Å². The van der Waals surface area contributed by atoms with Crippen molar-refractivity contribution in [2.45, 2.75) is 20.8 Å². The molecule has 26 heavy (non-hydrogen) atoms. The minimum absolute atomic E-state index is 0.0182. The molecule has 1 aliphatic heterocycles. The molecule has 2 amide bonds. The summed E-state index contributed by atoms with van der Waals surface area (Å²) in [6.07, 6.45) is 4.13. The first-order valence-corrected chi connectivity index (χ1v) is 8.96. The molecule has 0 aromatic heterocycles. The van der Waals surface area contributed by atoms with Gasteiger partial charge < -0.3 is 4.74 Å². The number of benzene rings is 1. The van der Waals surface area contributed by atoms with E-state index in [1.807, 2.05) is 13.8 Å². The maximum Gasteiger partial charge on any atom is 0.338 e. The fourth-order valence-corrected chi connectivity index (χ4v) is 4.67. The molecule has 1 saturated carbocycles. The molecular formula is C21H21NO4. The fourth-order valence-electron chi connectivity index (χ4n) is 4.67. The number of esters is 1. The number of nitrogens with zero attached hydrogens (tertiary/aromatic N) is 1. The lowest BCUT2D eigenvalue weighted by Gasteiger charge is -2.19. The van der Waals surface area contributed by atoms with E-state index in [0.29, 0.717) is 11.3 Å². The number of rotatable bonds is 3. The lowest BCUT2D eigenvalue weighted by Crippen LogP contribution is -2.33. The van der Waals surface area contributed by atoms with E-state index in [-0.39, 0.29) is 42.1 Å². The first kappa shape index (κ1) is 16.8. The van der Waals surface area contributed by atoms with Gasteiger partial charge in [0.05, 0.1) is 29.7 Å². The number of amides is 2. The van der Waals surface area contributed by atoms with Crippen LogP contribution >= 0.6 is 0 Å². The molecule has 2 fully saturated rings. The van der Waals surface area contributed by atoms with Gasteiger partial charge in [0.1, 0.15) is 0 Å². The fraction of sp³-hybridized carbons (Fsp3) is 0.381. The van der Waals surface area contributed by atoms with Gasteiger partial charge in [0, 0.05) is 11.8 Å². The Labute approximate surface area is 152 Å². The molecule has 0 N–H and O–H groups in total.